The van der Waals surface area contributed by atoms with Crippen LogP contribution in [0.1, 0.15) is 29.3 Å². The van der Waals surface area contributed by atoms with Crippen molar-refractivity contribution < 1.29 is 4.74 Å². The van der Waals surface area contributed by atoms with Crippen molar-refractivity contribution in [2.45, 2.75) is 31.2 Å². The number of nitrogens with zero attached hydrogens (tertiary/aromatic N) is 3. The SMILES string of the molecule is CCc1cc(Oc2ccc(Cl)c(C)c2)nc(SCc2ccccc2C#N)n1. The molecule has 27 heavy (non-hydrogen) atoms. The van der Waals surface area contributed by atoms with E-state index in [1.165, 1.54) is 11.8 Å². The van der Waals surface area contributed by atoms with Crippen LogP contribution in [0.2, 0.25) is 5.02 Å². The van der Waals surface area contributed by atoms with Crippen molar-refractivity contribution >= 4 is 23.4 Å². The number of hydrogen-bond acceptors (Lipinski definition) is 5. The van der Waals surface area contributed by atoms with Crippen LogP contribution < -0.4 is 4.74 Å². The lowest BCUT2D eigenvalue weighted by Crippen LogP contribution is -1.98. The predicted octanol–water partition coefficient (Wildman–Crippen LogP) is 5.96. The second kappa shape index (κ2) is 8.90. The summed E-state index contributed by atoms with van der Waals surface area (Å²) >= 11 is 7.56. The number of ether oxygens (including phenoxy) is 1. The van der Waals surface area contributed by atoms with Gasteiger partial charge in [-0.1, -0.05) is 48.5 Å². The Morgan fingerprint density at radius 2 is 1.96 bits per heavy atom. The minimum atomic E-state index is 0.500. The largest absolute Gasteiger partial charge is 0.439 e. The maximum atomic E-state index is 9.23. The van der Waals surface area contributed by atoms with Gasteiger partial charge in [0.1, 0.15) is 5.75 Å². The molecule has 0 N–H and O–H groups in total. The van der Waals surface area contributed by atoms with Gasteiger partial charge >= 0.3 is 0 Å². The van der Waals surface area contributed by atoms with Crippen LogP contribution >= 0.6 is 23.4 Å². The fourth-order valence-corrected chi connectivity index (χ4v) is 3.44. The topological polar surface area (TPSA) is 58.8 Å². The van der Waals surface area contributed by atoms with Crippen LogP contribution in [0.25, 0.3) is 0 Å². The molecule has 0 saturated heterocycles. The van der Waals surface area contributed by atoms with Gasteiger partial charge in [-0.15, -0.1) is 0 Å². The van der Waals surface area contributed by atoms with Crippen molar-refractivity contribution in [3.8, 4) is 17.7 Å². The van der Waals surface area contributed by atoms with E-state index < -0.39 is 0 Å². The lowest BCUT2D eigenvalue weighted by atomic mass is 10.1. The molecule has 6 heteroatoms. The lowest BCUT2D eigenvalue weighted by molar-refractivity contribution is 0.453. The summed E-state index contributed by atoms with van der Waals surface area (Å²) in [5.74, 6) is 1.80. The molecular formula is C21H18ClN3OS. The van der Waals surface area contributed by atoms with E-state index in [1.54, 1.807) is 0 Å². The number of halogens is 1. The van der Waals surface area contributed by atoms with E-state index in [-0.39, 0.29) is 0 Å². The van der Waals surface area contributed by atoms with Gasteiger partial charge in [0.2, 0.25) is 5.88 Å². The zero-order valence-electron chi connectivity index (χ0n) is 15.1. The second-order valence-electron chi connectivity index (χ2n) is 5.90. The van der Waals surface area contributed by atoms with E-state index in [1.807, 2.05) is 62.4 Å². The van der Waals surface area contributed by atoms with Gasteiger partial charge < -0.3 is 4.74 Å². The number of aryl methyl sites for hydroxylation is 2. The summed E-state index contributed by atoms with van der Waals surface area (Å²) in [6.07, 6.45) is 0.779. The first-order chi connectivity index (χ1) is 13.1. The maximum absolute atomic E-state index is 9.23. The molecule has 0 amide bonds. The average molecular weight is 396 g/mol. The summed E-state index contributed by atoms with van der Waals surface area (Å²) in [5, 5.41) is 10.6. The molecule has 0 aliphatic heterocycles. The summed E-state index contributed by atoms with van der Waals surface area (Å²) in [7, 11) is 0. The summed E-state index contributed by atoms with van der Waals surface area (Å²) in [4.78, 5) is 9.08. The van der Waals surface area contributed by atoms with Crippen LogP contribution in [0.15, 0.2) is 53.7 Å². The maximum Gasteiger partial charge on any atom is 0.223 e. The van der Waals surface area contributed by atoms with Crippen LogP contribution in [0.4, 0.5) is 0 Å². The third kappa shape index (κ3) is 5.00. The van der Waals surface area contributed by atoms with E-state index in [2.05, 4.69) is 16.0 Å². The second-order valence-corrected chi connectivity index (χ2v) is 7.25. The monoisotopic (exact) mass is 395 g/mol. The Bertz CT molecular complexity index is 1000. The molecule has 4 nitrogen and oxygen atoms in total. The summed E-state index contributed by atoms with van der Waals surface area (Å²) in [5.41, 5.74) is 3.49. The molecule has 2 aromatic carbocycles. The highest BCUT2D eigenvalue weighted by Gasteiger charge is 2.09. The smallest absolute Gasteiger partial charge is 0.223 e. The Balaban J connectivity index is 1.80. The van der Waals surface area contributed by atoms with Gasteiger partial charge in [0.05, 0.1) is 11.6 Å². The first-order valence-corrected chi connectivity index (χ1v) is 9.88. The van der Waals surface area contributed by atoms with Crippen LogP contribution in [0.3, 0.4) is 0 Å². The van der Waals surface area contributed by atoms with Crippen molar-refractivity contribution in [1.82, 2.24) is 9.97 Å². The first-order valence-electron chi connectivity index (χ1n) is 8.52. The van der Waals surface area contributed by atoms with Crippen LogP contribution in [-0.2, 0) is 12.2 Å². The summed E-state index contributed by atoms with van der Waals surface area (Å²) in [6.45, 7) is 3.97. The Kier molecular flexibility index (Phi) is 6.33. The molecule has 3 aromatic rings. The zero-order valence-corrected chi connectivity index (χ0v) is 16.6. The highest BCUT2D eigenvalue weighted by atomic mass is 35.5. The molecular weight excluding hydrogens is 378 g/mol. The standard InChI is InChI=1S/C21H18ClN3OS/c1-3-17-11-20(26-18-8-9-19(22)14(2)10-18)25-21(24-17)27-13-16-7-5-4-6-15(16)12-23/h4-11H,3,13H2,1-2H3. The van der Waals surface area contributed by atoms with E-state index in [0.717, 1.165) is 23.2 Å². The Morgan fingerprint density at radius 3 is 2.70 bits per heavy atom. The van der Waals surface area contributed by atoms with Crippen LogP contribution in [0.5, 0.6) is 11.6 Å². The molecule has 0 aliphatic carbocycles. The van der Waals surface area contributed by atoms with Gasteiger partial charge in [0, 0.05) is 22.5 Å². The number of benzene rings is 2. The van der Waals surface area contributed by atoms with Gasteiger partial charge in [-0.2, -0.15) is 10.2 Å². The molecule has 1 heterocycles. The Labute approximate surface area is 168 Å². The molecule has 136 valence electrons. The van der Waals surface area contributed by atoms with Crippen LogP contribution in [-0.4, -0.2) is 9.97 Å². The minimum absolute atomic E-state index is 0.500. The number of rotatable bonds is 6. The highest BCUT2D eigenvalue weighted by Crippen LogP contribution is 2.28. The fourth-order valence-electron chi connectivity index (χ4n) is 2.45. The molecule has 0 fully saturated rings. The first kappa shape index (κ1) is 19.2. The predicted molar refractivity (Wildman–Crippen MR) is 108 cm³/mol. The van der Waals surface area contributed by atoms with Gasteiger partial charge in [-0.05, 0) is 48.7 Å². The van der Waals surface area contributed by atoms with Gasteiger partial charge in [-0.3, -0.25) is 0 Å². The molecule has 0 aliphatic rings. The normalized spacial score (nSPS) is 10.4. The van der Waals surface area contributed by atoms with Crippen molar-refractivity contribution in [3.05, 3.63) is 75.9 Å². The Morgan fingerprint density at radius 1 is 1.15 bits per heavy atom. The summed E-state index contributed by atoms with van der Waals surface area (Å²) in [6, 6.07) is 17.1. The summed E-state index contributed by atoms with van der Waals surface area (Å²) < 4.78 is 5.92. The third-order valence-corrected chi connectivity index (χ3v) is 5.26. The lowest BCUT2D eigenvalue weighted by Gasteiger charge is -2.10. The van der Waals surface area contributed by atoms with E-state index >= 15 is 0 Å². The molecule has 0 atom stereocenters. The van der Waals surface area contributed by atoms with Gasteiger partial charge in [0.25, 0.3) is 0 Å². The Hall–Kier alpha value is -2.55. The fraction of sp³-hybridized carbons (Fsp3) is 0.190. The van der Waals surface area contributed by atoms with E-state index in [9.17, 15) is 5.26 Å². The van der Waals surface area contributed by atoms with Gasteiger partial charge in [0.15, 0.2) is 5.16 Å². The van der Waals surface area contributed by atoms with E-state index in [4.69, 9.17) is 16.3 Å². The van der Waals surface area contributed by atoms with Crippen molar-refractivity contribution in [2.24, 2.45) is 0 Å². The quantitative estimate of drug-likeness (QED) is 0.381. The molecule has 3 rings (SSSR count). The molecule has 1 aromatic heterocycles. The van der Waals surface area contributed by atoms with E-state index in [0.29, 0.717) is 33.1 Å². The molecule has 0 radical (unpaired) electrons. The average Bonchev–Trinajstić information content (AvgIpc) is 2.69. The molecule has 0 unspecified atom stereocenters. The van der Waals surface area contributed by atoms with Crippen LogP contribution in [0, 0.1) is 18.3 Å². The van der Waals surface area contributed by atoms with Crippen molar-refractivity contribution in [2.75, 3.05) is 0 Å². The molecule has 0 bridgehead atoms. The van der Waals surface area contributed by atoms with Crippen molar-refractivity contribution in [1.29, 1.82) is 5.26 Å². The minimum Gasteiger partial charge on any atom is -0.439 e. The van der Waals surface area contributed by atoms with Gasteiger partial charge in [-0.25, -0.2) is 4.98 Å². The molecule has 0 spiro atoms. The number of nitriles is 1. The molecule has 0 saturated carbocycles. The highest BCUT2D eigenvalue weighted by molar-refractivity contribution is 7.98. The third-order valence-electron chi connectivity index (χ3n) is 3.94. The number of aromatic nitrogens is 2. The number of thioether (sulfide) groups is 1. The van der Waals surface area contributed by atoms with Crippen molar-refractivity contribution in [3.63, 3.8) is 0 Å². The number of hydrogen-bond donors (Lipinski definition) is 0. The zero-order chi connectivity index (χ0) is 19.2.